The van der Waals surface area contributed by atoms with E-state index in [4.69, 9.17) is 0 Å². The van der Waals surface area contributed by atoms with Crippen LogP contribution in [0.3, 0.4) is 0 Å². The molecule has 0 heteroatoms. The molecular formula is C54H98. The molecule has 0 spiro atoms. The van der Waals surface area contributed by atoms with Crippen LogP contribution in [0.4, 0.5) is 0 Å². The van der Waals surface area contributed by atoms with Crippen molar-refractivity contribution in [2.24, 2.45) is 0 Å². The quantitative estimate of drug-likeness (QED) is 0.109. The molecule has 0 fully saturated rings. The lowest BCUT2D eigenvalue weighted by Crippen LogP contribution is -1.76. The van der Waals surface area contributed by atoms with Crippen LogP contribution in [0, 0.1) is 0 Å². The third-order valence-electron chi connectivity index (χ3n) is 5.93. The first-order valence-electron chi connectivity index (χ1n) is 21.7. The summed E-state index contributed by atoms with van der Waals surface area (Å²) >= 11 is 0. The molecule has 0 radical (unpaired) electrons. The van der Waals surface area contributed by atoms with Gasteiger partial charge in [-0.2, -0.15) is 0 Å². The first-order valence-corrected chi connectivity index (χ1v) is 21.7. The van der Waals surface area contributed by atoms with Gasteiger partial charge in [-0.3, -0.25) is 0 Å². The number of allylic oxidation sites excluding steroid dienone is 26. The standard InChI is InChI=1S/C40H56.7C2H6/c1-33(2)19-13-23-37(7)27-17-31-39(9)29-15-25-35(5)21-11-12-22-36(6)26-16-30-40(10)32-18-28-38(8)24-14-20-34(3)4;7*1-2/h11-12,15-22,25-32H,13-14,23-24H2,1-10H3;7*1-2H3/b12-11+,25-15+,26-16+,31-17+,32-18+,35-21+,36-22+,37-27+,38-28+,39-29+,40-30+;;;;;;;. The zero-order valence-electron chi connectivity index (χ0n) is 41.2. The summed E-state index contributed by atoms with van der Waals surface area (Å²) in [4.78, 5) is 0. The highest BCUT2D eigenvalue weighted by Gasteiger charge is 1.88. The third kappa shape index (κ3) is 70.2. The fourth-order valence-electron chi connectivity index (χ4n) is 3.41. The van der Waals surface area contributed by atoms with Gasteiger partial charge in [0.05, 0.1) is 0 Å². The summed E-state index contributed by atoms with van der Waals surface area (Å²) in [6, 6.07) is 0. The monoisotopic (exact) mass is 747 g/mol. The molecule has 0 aliphatic heterocycles. The van der Waals surface area contributed by atoms with Crippen molar-refractivity contribution in [3.8, 4) is 0 Å². The molecule has 0 nitrogen and oxygen atoms in total. The van der Waals surface area contributed by atoms with Crippen LogP contribution in [0.1, 0.15) is 192 Å². The van der Waals surface area contributed by atoms with E-state index in [1.807, 2.05) is 96.9 Å². The maximum absolute atomic E-state index is 2.30. The Hall–Kier alpha value is -3.38. The van der Waals surface area contributed by atoms with E-state index in [-0.39, 0.29) is 0 Å². The van der Waals surface area contributed by atoms with Crippen molar-refractivity contribution in [1.82, 2.24) is 0 Å². The Morgan fingerprint density at radius 2 is 0.481 bits per heavy atom. The first-order chi connectivity index (χ1) is 26.0. The molecule has 0 amide bonds. The smallest absolute Gasteiger partial charge is 0.0285 e. The SMILES string of the molecule is CC.CC.CC.CC.CC.CC.CC.CC(C)=CCC/C(C)=C/C=C/C(C)=C/C=C/C(C)=C/C=C/C=C(C)/C=C/C=C(C)/C=C/C=C(\C)CCC=C(C)C. The Labute approximate surface area is 344 Å². The second-order valence-electron chi connectivity index (χ2n) is 11.1. The normalized spacial score (nSPS) is 11.9. The van der Waals surface area contributed by atoms with Gasteiger partial charge in [-0.25, -0.2) is 0 Å². The first kappa shape index (κ1) is 68.6. The Bertz CT molecular complexity index is 1050. The van der Waals surface area contributed by atoms with E-state index in [1.54, 1.807) is 0 Å². The van der Waals surface area contributed by atoms with Crippen LogP contribution in [0.5, 0.6) is 0 Å². The molecule has 0 unspecified atom stereocenters. The zero-order chi connectivity index (χ0) is 44.2. The van der Waals surface area contributed by atoms with E-state index >= 15 is 0 Å². The van der Waals surface area contributed by atoms with Crippen molar-refractivity contribution in [2.75, 3.05) is 0 Å². The fourth-order valence-corrected chi connectivity index (χ4v) is 3.41. The minimum absolute atomic E-state index is 1.12. The van der Waals surface area contributed by atoms with Crippen molar-refractivity contribution in [2.45, 2.75) is 192 Å². The summed E-state index contributed by atoms with van der Waals surface area (Å²) in [5.74, 6) is 0. The van der Waals surface area contributed by atoms with Crippen LogP contribution in [0.15, 0.2) is 154 Å². The molecule has 0 rings (SSSR count). The van der Waals surface area contributed by atoms with Gasteiger partial charge in [-0.1, -0.05) is 251 Å². The summed E-state index contributed by atoms with van der Waals surface area (Å²) in [7, 11) is 0. The summed E-state index contributed by atoms with van der Waals surface area (Å²) in [5, 5.41) is 0. The van der Waals surface area contributed by atoms with Gasteiger partial charge in [-0.05, 0) is 94.9 Å². The molecular weight excluding hydrogens is 649 g/mol. The van der Waals surface area contributed by atoms with Gasteiger partial charge in [-0.15, -0.1) is 0 Å². The zero-order valence-corrected chi connectivity index (χ0v) is 41.2. The second kappa shape index (κ2) is 64.6. The Balaban J connectivity index is -0.000000224. The molecule has 0 N–H and O–H groups in total. The number of hydrogen-bond donors (Lipinski definition) is 0. The largest absolute Gasteiger partial charge is 0.0856 e. The Kier molecular flexibility index (Phi) is 82.0. The minimum atomic E-state index is 1.12. The van der Waals surface area contributed by atoms with E-state index in [1.165, 1.54) is 44.6 Å². The van der Waals surface area contributed by atoms with Gasteiger partial charge < -0.3 is 0 Å². The van der Waals surface area contributed by atoms with Gasteiger partial charge in [0.2, 0.25) is 0 Å². The van der Waals surface area contributed by atoms with E-state index in [2.05, 4.69) is 179 Å². The summed E-state index contributed by atoms with van der Waals surface area (Å²) in [5.41, 5.74) is 10.5. The summed E-state index contributed by atoms with van der Waals surface area (Å²) in [6.45, 7) is 49.5. The van der Waals surface area contributed by atoms with Gasteiger partial charge in [0, 0.05) is 0 Å². The van der Waals surface area contributed by atoms with Crippen molar-refractivity contribution in [1.29, 1.82) is 0 Å². The summed E-state index contributed by atoms with van der Waals surface area (Å²) in [6.07, 6.45) is 43.3. The van der Waals surface area contributed by atoms with Crippen LogP contribution in [-0.4, -0.2) is 0 Å². The molecule has 0 aromatic carbocycles. The minimum Gasteiger partial charge on any atom is -0.0856 e. The van der Waals surface area contributed by atoms with Crippen molar-refractivity contribution in [3.05, 3.63) is 154 Å². The van der Waals surface area contributed by atoms with Crippen molar-refractivity contribution >= 4 is 0 Å². The van der Waals surface area contributed by atoms with Crippen LogP contribution >= 0.6 is 0 Å². The predicted octanol–water partition coefficient (Wildman–Crippen LogP) is 20.1. The van der Waals surface area contributed by atoms with Crippen molar-refractivity contribution in [3.63, 3.8) is 0 Å². The van der Waals surface area contributed by atoms with E-state index in [0.29, 0.717) is 0 Å². The molecule has 0 heterocycles. The van der Waals surface area contributed by atoms with Gasteiger partial charge in [0.1, 0.15) is 0 Å². The number of rotatable bonds is 16. The lowest BCUT2D eigenvalue weighted by molar-refractivity contribution is 0.967. The van der Waals surface area contributed by atoms with E-state index < -0.39 is 0 Å². The molecule has 0 aliphatic rings. The highest BCUT2D eigenvalue weighted by molar-refractivity contribution is 5.32. The lowest BCUT2D eigenvalue weighted by Gasteiger charge is -1.96. The van der Waals surface area contributed by atoms with Crippen LogP contribution < -0.4 is 0 Å². The van der Waals surface area contributed by atoms with Crippen LogP contribution in [-0.2, 0) is 0 Å². The average molecular weight is 747 g/mol. The van der Waals surface area contributed by atoms with Gasteiger partial charge in [0.15, 0.2) is 0 Å². The molecule has 0 saturated heterocycles. The van der Waals surface area contributed by atoms with Gasteiger partial charge in [0.25, 0.3) is 0 Å². The van der Waals surface area contributed by atoms with Gasteiger partial charge >= 0.3 is 0 Å². The number of hydrogen-bond acceptors (Lipinski definition) is 0. The van der Waals surface area contributed by atoms with Crippen LogP contribution in [0.25, 0.3) is 0 Å². The molecule has 314 valence electrons. The van der Waals surface area contributed by atoms with Crippen molar-refractivity contribution < 1.29 is 0 Å². The van der Waals surface area contributed by atoms with E-state index in [0.717, 1.165) is 25.7 Å². The highest BCUT2D eigenvalue weighted by Crippen LogP contribution is 2.09. The molecule has 0 aromatic rings. The maximum atomic E-state index is 2.30. The van der Waals surface area contributed by atoms with E-state index in [9.17, 15) is 0 Å². The molecule has 0 saturated carbocycles. The topological polar surface area (TPSA) is 0 Å². The molecule has 0 aromatic heterocycles. The summed E-state index contributed by atoms with van der Waals surface area (Å²) < 4.78 is 0. The fraction of sp³-hybridized carbons (Fsp3) is 0.519. The maximum Gasteiger partial charge on any atom is -0.0285 e. The lowest BCUT2D eigenvalue weighted by atomic mass is 10.1. The third-order valence-corrected chi connectivity index (χ3v) is 5.93. The average Bonchev–Trinajstić information content (AvgIpc) is 3.18. The molecule has 0 atom stereocenters. The molecule has 0 bridgehead atoms. The van der Waals surface area contributed by atoms with Crippen LogP contribution in [0.2, 0.25) is 0 Å². The molecule has 54 heavy (non-hydrogen) atoms. The second-order valence-corrected chi connectivity index (χ2v) is 11.1. The molecule has 0 aliphatic carbocycles. The highest BCUT2D eigenvalue weighted by atomic mass is 13.9. The Morgan fingerprint density at radius 1 is 0.278 bits per heavy atom. The Morgan fingerprint density at radius 3 is 0.704 bits per heavy atom. The predicted molar refractivity (Wildman–Crippen MR) is 265 cm³/mol.